The summed E-state index contributed by atoms with van der Waals surface area (Å²) in [5.74, 6) is -1.34. The summed E-state index contributed by atoms with van der Waals surface area (Å²) in [6.45, 7) is 5.65. The Labute approximate surface area is 224 Å². The van der Waals surface area contributed by atoms with Gasteiger partial charge >= 0.3 is 18.0 Å². The number of anilines is 2. The summed E-state index contributed by atoms with van der Waals surface area (Å²) in [5.41, 5.74) is 2.60. The molecule has 3 aliphatic rings. The Morgan fingerprint density at radius 1 is 1.15 bits per heavy atom. The van der Waals surface area contributed by atoms with Gasteiger partial charge in [0.25, 0.3) is 5.56 Å². The second-order valence-corrected chi connectivity index (χ2v) is 10.3. The number of nitrogens with zero attached hydrogens (tertiary/aromatic N) is 3. The summed E-state index contributed by atoms with van der Waals surface area (Å²) in [5, 5.41) is 3.85. The fourth-order valence-corrected chi connectivity index (χ4v) is 6.10. The minimum atomic E-state index is -1.71. The highest BCUT2D eigenvalue weighted by molar-refractivity contribution is 6.19. The van der Waals surface area contributed by atoms with Crippen LogP contribution < -0.4 is 15.8 Å². The van der Waals surface area contributed by atoms with Crippen LogP contribution in [0, 0.1) is 0 Å². The summed E-state index contributed by atoms with van der Waals surface area (Å²) >= 11 is 0. The van der Waals surface area contributed by atoms with Gasteiger partial charge in [-0.15, -0.1) is 0 Å². The predicted octanol–water partition coefficient (Wildman–Crippen LogP) is 4.58. The lowest BCUT2D eigenvalue weighted by Crippen LogP contribution is -2.47. The number of amides is 2. The highest BCUT2D eigenvalue weighted by Crippen LogP contribution is 2.47. The molecule has 2 aromatic heterocycles. The molecule has 1 atom stereocenters. The number of ether oxygens (including phenoxy) is 2. The molecule has 10 heteroatoms. The van der Waals surface area contributed by atoms with Crippen LogP contribution in [0.3, 0.4) is 0 Å². The number of rotatable bonds is 7. The van der Waals surface area contributed by atoms with Gasteiger partial charge in [-0.1, -0.05) is 39.2 Å². The summed E-state index contributed by atoms with van der Waals surface area (Å²) in [4.78, 5) is 58.9. The molecule has 0 radical (unpaired) electrons. The maximum atomic E-state index is 13.8. The maximum absolute atomic E-state index is 13.8. The first-order valence-electron chi connectivity index (χ1n) is 13.5. The number of cyclic esters (lactones) is 1. The van der Waals surface area contributed by atoms with Gasteiger partial charge in [-0.3, -0.25) is 14.5 Å². The van der Waals surface area contributed by atoms with Crippen LogP contribution in [0.4, 0.5) is 16.2 Å². The van der Waals surface area contributed by atoms with Gasteiger partial charge in [0, 0.05) is 30.0 Å². The van der Waals surface area contributed by atoms with Gasteiger partial charge in [0.15, 0.2) is 0 Å². The molecule has 2 amide bonds. The summed E-state index contributed by atoms with van der Waals surface area (Å²) in [7, 11) is 0. The van der Waals surface area contributed by atoms with Crippen LogP contribution in [0.1, 0.15) is 69.6 Å². The van der Waals surface area contributed by atoms with Crippen molar-refractivity contribution < 1.29 is 23.9 Å². The molecule has 0 fully saturated rings. The zero-order valence-corrected chi connectivity index (χ0v) is 22.3. The van der Waals surface area contributed by atoms with E-state index in [1.165, 1.54) is 6.92 Å². The Hall–Kier alpha value is -4.21. The standard InChI is InChI=1S/C29H30N4O6/c1-4-6-7-8-12-32-25-17-14-33-22(24(17)30-20-10-9-11-21(23(20)25)31-28(32)37)13-19-18(26(33)35)15-38-27(36)29(19,5-2)39-16(3)34/h9-11,13H,4-8,12,14-15H2,1-3H3,(H,31,37)/t29-/m0/s1. The molecule has 5 heterocycles. The third kappa shape index (κ3) is 3.65. The van der Waals surface area contributed by atoms with Crippen LogP contribution in [-0.4, -0.2) is 34.1 Å². The van der Waals surface area contributed by atoms with Gasteiger partial charge in [0.1, 0.15) is 6.61 Å². The van der Waals surface area contributed by atoms with Gasteiger partial charge in [-0.05, 0) is 31.0 Å². The second-order valence-electron chi connectivity index (χ2n) is 10.3. The van der Waals surface area contributed by atoms with Crippen LogP contribution in [0.2, 0.25) is 0 Å². The van der Waals surface area contributed by atoms with Gasteiger partial charge in [0.05, 0.1) is 40.4 Å². The first-order chi connectivity index (χ1) is 18.8. The lowest BCUT2D eigenvalue weighted by molar-refractivity contribution is -0.188. The number of hydrogen-bond donors (Lipinski definition) is 1. The van der Waals surface area contributed by atoms with Crippen LogP contribution in [-0.2, 0) is 37.8 Å². The molecular formula is C29H30N4O6. The first kappa shape index (κ1) is 25.1. The van der Waals surface area contributed by atoms with E-state index in [-0.39, 0.29) is 36.7 Å². The van der Waals surface area contributed by atoms with Crippen molar-refractivity contribution in [1.82, 2.24) is 9.55 Å². The number of unbranched alkanes of at least 4 members (excludes halogenated alkanes) is 3. The van der Waals surface area contributed by atoms with Crippen LogP contribution in [0.5, 0.6) is 0 Å². The summed E-state index contributed by atoms with van der Waals surface area (Å²) in [6.07, 6.45) is 4.15. The Kier molecular flexibility index (Phi) is 5.93. The van der Waals surface area contributed by atoms with Crippen molar-refractivity contribution in [2.45, 2.75) is 71.6 Å². The fourth-order valence-electron chi connectivity index (χ4n) is 6.10. The molecule has 202 valence electrons. The zero-order chi connectivity index (χ0) is 27.5. The van der Waals surface area contributed by atoms with Crippen LogP contribution >= 0.6 is 0 Å². The lowest BCUT2D eigenvalue weighted by atomic mass is 9.85. The minimum Gasteiger partial charge on any atom is -0.457 e. The average molecular weight is 531 g/mol. The number of benzene rings is 1. The molecule has 0 saturated heterocycles. The van der Waals surface area contributed by atoms with E-state index in [0.717, 1.165) is 42.3 Å². The van der Waals surface area contributed by atoms with E-state index < -0.39 is 17.5 Å². The van der Waals surface area contributed by atoms with Crippen molar-refractivity contribution in [2.75, 3.05) is 16.8 Å². The average Bonchev–Trinajstić information content (AvgIpc) is 3.28. The van der Waals surface area contributed by atoms with E-state index >= 15 is 0 Å². The normalized spacial score (nSPS) is 18.8. The molecule has 3 aliphatic heterocycles. The third-order valence-electron chi connectivity index (χ3n) is 7.96. The monoisotopic (exact) mass is 530 g/mol. The summed E-state index contributed by atoms with van der Waals surface area (Å²) < 4.78 is 12.5. The number of fused-ring (bicyclic) bond motifs is 5. The Bertz CT molecular complexity index is 1630. The Balaban J connectivity index is 1.58. The van der Waals surface area contributed by atoms with Crippen LogP contribution in [0.15, 0.2) is 29.1 Å². The van der Waals surface area contributed by atoms with Crippen molar-refractivity contribution in [2.24, 2.45) is 0 Å². The van der Waals surface area contributed by atoms with Crippen molar-refractivity contribution >= 4 is 40.2 Å². The highest BCUT2D eigenvalue weighted by Gasteiger charge is 2.50. The molecule has 6 rings (SSSR count). The smallest absolute Gasteiger partial charge is 0.355 e. The van der Waals surface area contributed by atoms with E-state index in [9.17, 15) is 19.2 Å². The van der Waals surface area contributed by atoms with E-state index in [1.807, 2.05) is 18.2 Å². The number of pyridine rings is 2. The number of urea groups is 1. The van der Waals surface area contributed by atoms with Crippen molar-refractivity contribution in [3.05, 3.63) is 51.3 Å². The topological polar surface area (TPSA) is 120 Å². The van der Waals surface area contributed by atoms with E-state index in [1.54, 1.807) is 22.5 Å². The molecule has 1 N–H and O–H groups in total. The molecule has 3 aromatic rings. The number of carbonyl (C=O) groups is 3. The van der Waals surface area contributed by atoms with E-state index in [2.05, 4.69) is 12.2 Å². The van der Waals surface area contributed by atoms with Gasteiger partial charge < -0.3 is 19.4 Å². The van der Waals surface area contributed by atoms with Gasteiger partial charge in [-0.2, -0.15) is 0 Å². The quantitative estimate of drug-likeness (QED) is 0.274. The summed E-state index contributed by atoms with van der Waals surface area (Å²) in [6, 6.07) is 7.12. The Morgan fingerprint density at radius 2 is 1.97 bits per heavy atom. The van der Waals surface area contributed by atoms with Crippen molar-refractivity contribution in [1.29, 1.82) is 0 Å². The lowest BCUT2D eigenvalue weighted by Gasteiger charge is -2.35. The van der Waals surface area contributed by atoms with Crippen molar-refractivity contribution in [3.63, 3.8) is 0 Å². The Morgan fingerprint density at radius 3 is 2.72 bits per heavy atom. The third-order valence-corrected chi connectivity index (χ3v) is 7.96. The number of nitrogens with one attached hydrogen (secondary N) is 1. The largest absolute Gasteiger partial charge is 0.457 e. The van der Waals surface area contributed by atoms with Gasteiger partial charge in [0.2, 0.25) is 5.60 Å². The number of esters is 2. The van der Waals surface area contributed by atoms with Crippen molar-refractivity contribution in [3.8, 4) is 11.4 Å². The molecule has 0 aliphatic carbocycles. The van der Waals surface area contributed by atoms with E-state index in [0.29, 0.717) is 34.7 Å². The predicted molar refractivity (Wildman–Crippen MR) is 145 cm³/mol. The highest BCUT2D eigenvalue weighted by atomic mass is 16.6. The van der Waals surface area contributed by atoms with Crippen LogP contribution in [0.25, 0.3) is 22.3 Å². The molecule has 39 heavy (non-hydrogen) atoms. The minimum absolute atomic E-state index is 0.111. The SMILES string of the molecule is CCCCCCN1C(=O)Nc2cccc3nc4c(c1c23)Cn1c-4cc2c(c1=O)COC(=O)[C@@]2(CC)OC(C)=O. The molecular weight excluding hydrogens is 500 g/mol. The number of carbonyl (C=O) groups excluding carboxylic acids is 3. The molecule has 0 spiro atoms. The van der Waals surface area contributed by atoms with E-state index in [4.69, 9.17) is 14.5 Å². The maximum Gasteiger partial charge on any atom is 0.355 e. The molecule has 0 saturated carbocycles. The van der Waals surface area contributed by atoms with Gasteiger partial charge in [-0.25, -0.2) is 14.6 Å². The first-order valence-corrected chi connectivity index (χ1v) is 13.5. The zero-order valence-electron chi connectivity index (χ0n) is 22.3. The second kappa shape index (κ2) is 9.21. The fraction of sp³-hybridized carbons (Fsp3) is 0.414. The molecule has 1 aromatic carbocycles. The molecule has 0 unspecified atom stereocenters. The number of hydrogen-bond acceptors (Lipinski definition) is 7. The molecule has 10 nitrogen and oxygen atoms in total. The molecule has 0 bridgehead atoms. The number of aromatic nitrogens is 2.